The Morgan fingerprint density at radius 2 is 1.38 bits per heavy atom. The van der Waals surface area contributed by atoms with Crippen molar-refractivity contribution in [1.29, 1.82) is 0 Å². The van der Waals surface area contributed by atoms with E-state index in [9.17, 15) is 33.7 Å². The lowest BCUT2D eigenvalue weighted by molar-refractivity contribution is -0.155. The maximum Gasteiger partial charge on any atom is 0.409 e. The average molecular weight is 708 g/mol. The maximum absolute atomic E-state index is 13.3. The summed E-state index contributed by atoms with van der Waals surface area (Å²) in [7, 11) is -5.10. The number of nitrogens with one attached hydrogen (secondary N) is 3. The van der Waals surface area contributed by atoms with Crippen molar-refractivity contribution in [2.24, 2.45) is 5.92 Å². The molecule has 1 heterocycles. The van der Waals surface area contributed by atoms with Gasteiger partial charge in [-0.1, -0.05) is 98.8 Å². The number of ether oxygens (including phenoxy) is 2. The minimum absolute atomic E-state index is 0.0953. The Balaban J connectivity index is 1.43. The number of hydrogen-bond donors (Lipinski definition) is 5. The zero-order chi connectivity index (χ0) is 36.1. The number of rotatable bonds is 17. The second-order valence-electron chi connectivity index (χ2n) is 11.4. The van der Waals surface area contributed by atoms with E-state index >= 15 is 0 Å². The first kappa shape index (κ1) is 37.5. The van der Waals surface area contributed by atoms with Gasteiger partial charge in [-0.15, -0.1) is 0 Å². The minimum Gasteiger partial charge on any atom is -0.480 e. The summed E-state index contributed by atoms with van der Waals surface area (Å²) in [5, 5.41) is 16.5. The van der Waals surface area contributed by atoms with Crippen molar-refractivity contribution in [3.8, 4) is 11.3 Å². The lowest BCUT2D eigenvalue weighted by Crippen LogP contribution is -2.52. The molecule has 264 valence electrons. The van der Waals surface area contributed by atoms with Crippen LogP contribution in [0.25, 0.3) is 11.3 Å². The SMILES string of the molecule is CC(C)[C@H](NP(=O)(O)OC(NC(=O)OCc1ccccc1)C(=O)OCc1ccccc1)C(=O)N[C@@H](Cc1ccc(-c2ccco2)cc1)C(=O)O. The van der Waals surface area contributed by atoms with Crippen molar-refractivity contribution in [1.82, 2.24) is 15.7 Å². The van der Waals surface area contributed by atoms with Gasteiger partial charge in [-0.3, -0.25) is 14.6 Å². The zero-order valence-electron chi connectivity index (χ0n) is 27.3. The Kier molecular flexibility index (Phi) is 13.5. The molecule has 0 aliphatic carbocycles. The summed E-state index contributed by atoms with van der Waals surface area (Å²) in [4.78, 5) is 61.9. The zero-order valence-corrected chi connectivity index (χ0v) is 28.2. The molecule has 2 amide bonds. The van der Waals surface area contributed by atoms with E-state index < -0.39 is 55.9 Å². The Morgan fingerprint density at radius 3 is 1.92 bits per heavy atom. The Bertz CT molecular complexity index is 1750. The van der Waals surface area contributed by atoms with Gasteiger partial charge in [0.15, 0.2) is 0 Å². The number of carbonyl (C=O) groups excluding carboxylic acids is 3. The largest absolute Gasteiger partial charge is 0.480 e. The van der Waals surface area contributed by atoms with Crippen molar-refractivity contribution in [2.45, 2.75) is 51.8 Å². The first-order chi connectivity index (χ1) is 23.9. The molecule has 4 aromatic rings. The van der Waals surface area contributed by atoms with Crippen LogP contribution < -0.4 is 15.7 Å². The molecule has 0 aliphatic rings. The predicted octanol–water partition coefficient (Wildman–Crippen LogP) is 4.79. The third-order valence-corrected chi connectivity index (χ3v) is 8.31. The van der Waals surface area contributed by atoms with Crippen LogP contribution in [-0.2, 0) is 52.6 Å². The second-order valence-corrected chi connectivity index (χ2v) is 12.9. The minimum atomic E-state index is -5.10. The first-order valence-electron chi connectivity index (χ1n) is 15.5. The van der Waals surface area contributed by atoms with Gasteiger partial charge in [0.25, 0.3) is 0 Å². The van der Waals surface area contributed by atoms with Gasteiger partial charge >= 0.3 is 25.8 Å². The van der Waals surface area contributed by atoms with Gasteiger partial charge in [0.05, 0.1) is 12.3 Å². The van der Waals surface area contributed by atoms with Gasteiger partial charge in [0.1, 0.15) is 25.0 Å². The number of carboxylic acids is 1. The number of aliphatic carboxylic acids is 1. The molecule has 0 saturated carbocycles. The fraction of sp³-hybridized carbons (Fsp3) is 0.257. The van der Waals surface area contributed by atoms with Gasteiger partial charge in [-0.2, -0.15) is 0 Å². The van der Waals surface area contributed by atoms with E-state index in [1.807, 2.05) is 0 Å². The third kappa shape index (κ3) is 11.7. The molecule has 0 saturated heterocycles. The van der Waals surface area contributed by atoms with Crippen molar-refractivity contribution in [3.63, 3.8) is 0 Å². The Labute approximate surface area is 288 Å². The quantitative estimate of drug-likeness (QED) is 0.0572. The normalized spacial score (nSPS) is 14.1. The number of alkyl carbamates (subject to hydrolysis) is 1. The predicted molar refractivity (Wildman–Crippen MR) is 180 cm³/mol. The van der Waals surface area contributed by atoms with Gasteiger partial charge in [-0.05, 0) is 34.7 Å². The van der Waals surface area contributed by atoms with Crippen molar-refractivity contribution >= 4 is 31.7 Å². The summed E-state index contributed by atoms with van der Waals surface area (Å²) in [6.45, 7) is 2.67. The molecule has 4 atom stereocenters. The second kappa shape index (κ2) is 17.9. The molecule has 0 aliphatic heterocycles. The molecule has 0 radical (unpaired) electrons. The summed E-state index contributed by atoms with van der Waals surface area (Å²) in [6, 6.07) is 24.7. The van der Waals surface area contributed by atoms with E-state index in [1.165, 1.54) is 6.26 Å². The van der Waals surface area contributed by atoms with Crippen LogP contribution in [0.5, 0.6) is 0 Å². The topological polar surface area (TPSA) is 203 Å². The fourth-order valence-electron chi connectivity index (χ4n) is 4.61. The number of hydrogen-bond acceptors (Lipinski definition) is 9. The van der Waals surface area contributed by atoms with E-state index in [-0.39, 0.29) is 19.6 Å². The molecule has 15 heteroatoms. The van der Waals surface area contributed by atoms with Crippen LogP contribution in [0.3, 0.4) is 0 Å². The molecule has 1 aromatic heterocycles. The molecule has 2 unspecified atom stereocenters. The van der Waals surface area contributed by atoms with Crippen molar-refractivity contribution in [3.05, 3.63) is 120 Å². The molecule has 4 rings (SSSR count). The fourth-order valence-corrected chi connectivity index (χ4v) is 5.86. The van der Waals surface area contributed by atoms with E-state index in [2.05, 4.69) is 15.7 Å². The molecular weight excluding hydrogens is 669 g/mol. The van der Waals surface area contributed by atoms with Crippen molar-refractivity contribution in [2.75, 3.05) is 0 Å². The number of amides is 2. The van der Waals surface area contributed by atoms with Crippen LogP contribution in [0.1, 0.15) is 30.5 Å². The van der Waals surface area contributed by atoms with Gasteiger partial charge in [0, 0.05) is 12.0 Å². The Hall–Kier alpha value is -5.27. The molecule has 0 fully saturated rings. The number of benzene rings is 3. The highest BCUT2D eigenvalue weighted by Gasteiger charge is 2.38. The van der Waals surface area contributed by atoms with E-state index in [0.717, 1.165) is 5.56 Å². The number of esters is 1. The van der Waals surface area contributed by atoms with Crippen LogP contribution in [0.2, 0.25) is 0 Å². The third-order valence-electron chi connectivity index (χ3n) is 7.21. The van der Waals surface area contributed by atoms with Crippen LogP contribution in [0.4, 0.5) is 4.79 Å². The molecule has 0 bridgehead atoms. The highest BCUT2D eigenvalue weighted by Crippen LogP contribution is 2.40. The van der Waals surface area contributed by atoms with Gasteiger partial charge in [0.2, 0.25) is 12.1 Å². The van der Waals surface area contributed by atoms with Crippen LogP contribution in [0, 0.1) is 5.92 Å². The van der Waals surface area contributed by atoms with Crippen LogP contribution in [0.15, 0.2) is 108 Å². The van der Waals surface area contributed by atoms with E-state index in [0.29, 0.717) is 22.5 Å². The maximum atomic E-state index is 13.3. The molecule has 3 aromatic carbocycles. The molecular formula is C35H38N3O11P. The summed E-state index contributed by atoms with van der Waals surface area (Å²) in [6.07, 6.45) is -1.86. The summed E-state index contributed by atoms with van der Waals surface area (Å²) in [5.74, 6) is -3.52. The monoisotopic (exact) mass is 707 g/mol. The molecule has 14 nitrogen and oxygen atoms in total. The van der Waals surface area contributed by atoms with E-state index in [4.69, 9.17) is 18.4 Å². The Morgan fingerprint density at radius 1 is 0.780 bits per heavy atom. The van der Waals surface area contributed by atoms with Gasteiger partial charge in [-0.25, -0.2) is 24.0 Å². The van der Waals surface area contributed by atoms with Crippen LogP contribution >= 0.6 is 7.75 Å². The summed E-state index contributed by atoms with van der Waals surface area (Å²) in [5.41, 5.74) is 2.60. The summed E-state index contributed by atoms with van der Waals surface area (Å²) < 4.78 is 34.2. The lowest BCUT2D eigenvalue weighted by Gasteiger charge is -2.27. The highest BCUT2D eigenvalue weighted by molar-refractivity contribution is 7.50. The van der Waals surface area contributed by atoms with Crippen molar-refractivity contribution < 1.29 is 52.2 Å². The number of carbonyl (C=O) groups is 4. The lowest BCUT2D eigenvalue weighted by atomic mass is 10.0. The smallest absolute Gasteiger partial charge is 0.409 e. The first-order valence-corrected chi connectivity index (χ1v) is 17.1. The van der Waals surface area contributed by atoms with E-state index in [1.54, 1.807) is 111 Å². The number of carboxylic acid groups (broad SMARTS) is 1. The number of furan rings is 1. The van der Waals surface area contributed by atoms with Crippen LogP contribution in [-0.4, -0.2) is 52.3 Å². The molecule has 50 heavy (non-hydrogen) atoms. The standard InChI is InChI=1S/C35H38N3O11P/c1-23(2)30(31(39)36-28(33(40)41)20-24-15-17-27(18-16-24)29-14-9-19-46-29)38-50(44,45)49-32(34(42)47-21-25-10-5-3-6-11-25)37-35(43)48-22-26-12-7-4-8-13-26/h3-19,23,28,30,32H,20-22H2,1-2H3,(H,36,39)(H,37,43)(H,40,41)(H2,38,44,45)/t28-,30-,32?/m0/s1. The molecule has 0 spiro atoms. The summed E-state index contributed by atoms with van der Waals surface area (Å²) >= 11 is 0. The molecule has 5 N–H and O–H groups in total. The highest BCUT2D eigenvalue weighted by atomic mass is 31.2. The average Bonchev–Trinajstić information content (AvgIpc) is 3.64. The van der Waals surface area contributed by atoms with Gasteiger partial charge < -0.3 is 29.2 Å².